The summed E-state index contributed by atoms with van der Waals surface area (Å²) >= 11 is 0. The predicted molar refractivity (Wildman–Crippen MR) is 110 cm³/mol. The van der Waals surface area contributed by atoms with E-state index in [2.05, 4.69) is 0 Å². The predicted octanol–water partition coefficient (Wildman–Crippen LogP) is 6.46. The summed E-state index contributed by atoms with van der Waals surface area (Å²) in [6, 6.07) is 27.8. The third kappa shape index (κ3) is 2.25. The van der Waals surface area contributed by atoms with Gasteiger partial charge in [0.2, 0.25) is 11.8 Å². The zero-order chi connectivity index (χ0) is 18.5. The van der Waals surface area contributed by atoms with Crippen molar-refractivity contribution in [2.24, 2.45) is 0 Å². The largest absolute Gasteiger partial charge is 0.436 e. The standard InChI is InChI=1S/C24H14N2O2/c1-3-7-15(8-4-1)23-25-21-17-12-14-20-22(18(17)11-13-19(21)27-23)26-24(28-20)16-9-5-2-6-10-16/h1-14H. The van der Waals surface area contributed by atoms with E-state index >= 15 is 0 Å². The molecule has 28 heavy (non-hydrogen) atoms. The Morgan fingerprint density at radius 2 is 0.893 bits per heavy atom. The second kappa shape index (κ2) is 5.79. The molecule has 0 atom stereocenters. The maximum atomic E-state index is 5.99. The molecule has 0 bridgehead atoms. The molecule has 2 aromatic heterocycles. The summed E-state index contributed by atoms with van der Waals surface area (Å²) in [4.78, 5) is 9.52. The second-order valence-electron chi connectivity index (χ2n) is 6.69. The van der Waals surface area contributed by atoms with Gasteiger partial charge in [0.25, 0.3) is 0 Å². The number of benzene rings is 4. The lowest BCUT2D eigenvalue weighted by Crippen LogP contribution is -1.79. The van der Waals surface area contributed by atoms with Crippen molar-refractivity contribution in [3.8, 4) is 22.9 Å². The van der Waals surface area contributed by atoms with Gasteiger partial charge in [-0.25, -0.2) is 9.97 Å². The van der Waals surface area contributed by atoms with Gasteiger partial charge in [0, 0.05) is 21.9 Å². The average Bonchev–Trinajstić information content (AvgIpc) is 3.39. The Morgan fingerprint density at radius 1 is 0.464 bits per heavy atom. The van der Waals surface area contributed by atoms with Gasteiger partial charge in [0.1, 0.15) is 11.0 Å². The van der Waals surface area contributed by atoms with Crippen LogP contribution in [0, 0.1) is 0 Å². The molecule has 2 heterocycles. The van der Waals surface area contributed by atoms with E-state index in [0.717, 1.165) is 44.1 Å². The van der Waals surface area contributed by atoms with Crippen LogP contribution < -0.4 is 0 Å². The molecule has 0 fully saturated rings. The molecule has 6 rings (SSSR count). The molecule has 0 aliphatic rings. The number of rotatable bonds is 2. The Kier molecular flexibility index (Phi) is 3.14. The maximum absolute atomic E-state index is 5.99. The van der Waals surface area contributed by atoms with Crippen molar-refractivity contribution in [2.75, 3.05) is 0 Å². The first-order valence-corrected chi connectivity index (χ1v) is 9.10. The number of oxazole rings is 2. The smallest absolute Gasteiger partial charge is 0.227 e. The van der Waals surface area contributed by atoms with Crippen LogP contribution in [0.3, 0.4) is 0 Å². The molecule has 132 valence electrons. The van der Waals surface area contributed by atoms with Crippen LogP contribution in [0.5, 0.6) is 0 Å². The first kappa shape index (κ1) is 15.2. The van der Waals surface area contributed by atoms with Crippen LogP contribution in [-0.4, -0.2) is 9.97 Å². The molecular weight excluding hydrogens is 348 g/mol. The van der Waals surface area contributed by atoms with Crippen LogP contribution in [0.2, 0.25) is 0 Å². The lowest BCUT2D eigenvalue weighted by Gasteiger charge is -1.97. The van der Waals surface area contributed by atoms with Crippen molar-refractivity contribution >= 4 is 33.0 Å². The Hall–Kier alpha value is -3.92. The van der Waals surface area contributed by atoms with Crippen LogP contribution in [0.15, 0.2) is 93.8 Å². The number of fused-ring (bicyclic) bond motifs is 5. The molecule has 0 saturated carbocycles. The van der Waals surface area contributed by atoms with Crippen LogP contribution in [0.4, 0.5) is 0 Å². The Bertz CT molecular complexity index is 1330. The SMILES string of the molecule is c1ccc(-c2nc3c(ccc4c3ccc3oc(-c5ccccc5)nc34)o2)cc1. The van der Waals surface area contributed by atoms with Crippen LogP contribution in [0.1, 0.15) is 0 Å². The van der Waals surface area contributed by atoms with E-state index in [1.54, 1.807) is 0 Å². The molecule has 6 aromatic rings. The highest BCUT2D eigenvalue weighted by molar-refractivity contribution is 6.13. The molecule has 0 amide bonds. The number of nitrogens with zero attached hydrogens (tertiary/aromatic N) is 2. The van der Waals surface area contributed by atoms with Crippen molar-refractivity contribution in [1.82, 2.24) is 9.97 Å². The molecule has 0 aliphatic carbocycles. The Labute approximate surface area is 160 Å². The van der Waals surface area contributed by atoms with Crippen LogP contribution in [0.25, 0.3) is 55.9 Å². The van der Waals surface area contributed by atoms with E-state index in [9.17, 15) is 0 Å². The van der Waals surface area contributed by atoms with E-state index in [4.69, 9.17) is 18.8 Å². The van der Waals surface area contributed by atoms with Crippen molar-refractivity contribution < 1.29 is 8.83 Å². The van der Waals surface area contributed by atoms with Gasteiger partial charge in [-0.05, 0) is 48.5 Å². The molecule has 4 aromatic carbocycles. The molecule has 0 N–H and O–H groups in total. The molecule has 0 radical (unpaired) electrons. The minimum atomic E-state index is 0.619. The first-order valence-electron chi connectivity index (χ1n) is 9.10. The summed E-state index contributed by atoms with van der Waals surface area (Å²) < 4.78 is 12.0. The lowest BCUT2D eigenvalue weighted by atomic mass is 10.1. The van der Waals surface area contributed by atoms with Gasteiger partial charge in [-0.2, -0.15) is 0 Å². The minimum Gasteiger partial charge on any atom is -0.436 e. The van der Waals surface area contributed by atoms with Crippen molar-refractivity contribution in [3.63, 3.8) is 0 Å². The molecular formula is C24H14N2O2. The third-order valence-electron chi connectivity index (χ3n) is 4.95. The van der Waals surface area contributed by atoms with Crippen molar-refractivity contribution in [2.45, 2.75) is 0 Å². The Morgan fingerprint density at radius 3 is 1.32 bits per heavy atom. The second-order valence-corrected chi connectivity index (χ2v) is 6.69. The molecule has 0 unspecified atom stereocenters. The van der Waals surface area contributed by atoms with Gasteiger partial charge in [-0.1, -0.05) is 36.4 Å². The summed E-state index contributed by atoms with van der Waals surface area (Å²) in [6.07, 6.45) is 0. The highest BCUT2D eigenvalue weighted by atomic mass is 16.4. The number of hydrogen-bond acceptors (Lipinski definition) is 4. The fourth-order valence-electron chi connectivity index (χ4n) is 3.59. The molecule has 0 aliphatic heterocycles. The summed E-state index contributed by atoms with van der Waals surface area (Å²) in [7, 11) is 0. The summed E-state index contributed by atoms with van der Waals surface area (Å²) in [5.74, 6) is 1.24. The average molecular weight is 362 g/mol. The Balaban J connectivity index is 1.59. The van der Waals surface area contributed by atoms with Gasteiger partial charge in [-0.3, -0.25) is 0 Å². The van der Waals surface area contributed by atoms with Gasteiger partial charge in [-0.15, -0.1) is 0 Å². The van der Waals surface area contributed by atoms with Gasteiger partial charge in [0.15, 0.2) is 11.2 Å². The number of aromatic nitrogens is 2. The topological polar surface area (TPSA) is 52.1 Å². The maximum Gasteiger partial charge on any atom is 0.227 e. The zero-order valence-corrected chi connectivity index (χ0v) is 14.8. The summed E-state index contributed by atoms with van der Waals surface area (Å²) in [6.45, 7) is 0. The molecule has 0 spiro atoms. The van der Waals surface area contributed by atoms with Crippen LogP contribution in [-0.2, 0) is 0 Å². The van der Waals surface area contributed by atoms with E-state index in [-0.39, 0.29) is 0 Å². The molecule has 4 heteroatoms. The summed E-state index contributed by atoms with van der Waals surface area (Å²) in [5.41, 5.74) is 5.11. The highest BCUT2D eigenvalue weighted by Gasteiger charge is 2.15. The zero-order valence-electron chi connectivity index (χ0n) is 14.8. The van der Waals surface area contributed by atoms with E-state index in [1.165, 1.54) is 0 Å². The van der Waals surface area contributed by atoms with Crippen molar-refractivity contribution in [1.29, 1.82) is 0 Å². The van der Waals surface area contributed by atoms with E-state index < -0.39 is 0 Å². The third-order valence-corrected chi connectivity index (χ3v) is 4.95. The normalized spacial score (nSPS) is 11.6. The fraction of sp³-hybridized carbons (Fsp3) is 0. The summed E-state index contributed by atoms with van der Waals surface area (Å²) in [5, 5.41) is 2.01. The van der Waals surface area contributed by atoms with E-state index in [0.29, 0.717) is 11.8 Å². The molecule has 0 saturated heterocycles. The molecule has 4 nitrogen and oxygen atoms in total. The van der Waals surface area contributed by atoms with Gasteiger partial charge >= 0.3 is 0 Å². The van der Waals surface area contributed by atoms with Crippen LogP contribution >= 0.6 is 0 Å². The first-order chi connectivity index (χ1) is 13.9. The minimum absolute atomic E-state index is 0.619. The number of hydrogen-bond donors (Lipinski definition) is 0. The fourth-order valence-corrected chi connectivity index (χ4v) is 3.59. The van der Waals surface area contributed by atoms with Gasteiger partial charge < -0.3 is 8.83 Å². The van der Waals surface area contributed by atoms with E-state index in [1.807, 2.05) is 84.9 Å². The van der Waals surface area contributed by atoms with Crippen molar-refractivity contribution in [3.05, 3.63) is 84.9 Å². The quantitative estimate of drug-likeness (QED) is 0.355. The lowest BCUT2D eigenvalue weighted by molar-refractivity contribution is 0.619. The monoisotopic (exact) mass is 362 g/mol. The van der Waals surface area contributed by atoms with Gasteiger partial charge in [0.05, 0.1) is 0 Å². The highest BCUT2D eigenvalue weighted by Crippen LogP contribution is 2.34.